The summed E-state index contributed by atoms with van der Waals surface area (Å²) in [6.45, 7) is 0.590. The van der Waals surface area contributed by atoms with Crippen LogP contribution in [0.15, 0.2) is 60.7 Å². The van der Waals surface area contributed by atoms with Gasteiger partial charge in [-0.3, -0.25) is 0 Å². The average Bonchev–Trinajstić information content (AvgIpc) is 2.53. The maximum atomic E-state index is 10.3. The van der Waals surface area contributed by atoms with Gasteiger partial charge in [-0.25, -0.2) is 9.59 Å². The van der Waals surface area contributed by atoms with Gasteiger partial charge in [0, 0.05) is 0 Å². The van der Waals surface area contributed by atoms with E-state index in [0.717, 1.165) is 11.1 Å². The zero-order chi connectivity index (χ0) is 16.2. The summed E-state index contributed by atoms with van der Waals surface area (Å²) in [6.07, 6.45) is 0. The van der Waals surface area contributed by atoms with Gasteiger partial charge in [0.25, 0.3) is 0 Å². The molecule has 0 saturated heterocycles. The minimum atomic E-state index is -0.547. The Kier molecular flexibility index (Phi) is 12.0. The van der Waals surface area contributed by atoms with Crippen molar-refractivity contribution in [1.82, 2.24) is 0 Å². The summed E-state index contributed by atoms with van der Waals surface area (Å²) in [6, 6.07) is 18.9. The van der Waals surface area contributed by atoms with Crippen molar-refractivity contribution in [3.8, 4) is 0 Å². The molecule has 23 heavy (non-hydrogen) atoms. The number of ether oxygens (including phenoxy) is 2. The van der Waals surface area contributed by atoms with Crippen LogP contribution >= 0.6 is 37.7 Å². The van der Waals surface area contributed by atoms with Crippen LogP contribution < -0.4 is 0 Å². The van der Waals surface area contributed by atoms with Crippen LogP contribution in [0.2, 0.25) is 0 Å². The summed E-state index contributed by atoms with van der Waals surface area (Å²) in [5.41, 5.74) is 1.94. The van der Waals surface area contributed by atoms with E-state index in [0.29, 0.717) is 13.2 Å². The molecule has 0 aliphatic carbocycles. The van der Waals surface area contributed by atoms with Crippen LogP contribution in [0, 0.1) is 0 Å². The number of rotatable bonds is 4. The summed E-state index contributed by atoms with van der Waals surface area (Å²) < 4.78 is 9.31. The minimum absolute atomic E-state index is 0. The molecule has 0 aliphatic heterocycles. The van der Waals surface area contributed by atoms with E-state index in [9.17, 15) is 9.59 Å². The van der Waals surface area contributed by atoms with Gasteiger partial charge in [0.2, 0.25) is 0 Å². The van der Waals surface area contributed by atoms with Gasteiger partial charge in [-0.1, -0.05) is 85.9 Å². The third-order valence-electron chi connectivity index (χ3n) is 2.41. The third-order valence-corrected chi connectivity index (χ3v) is 2.67. The quantitative estimate of drug-likeness (QED) is 0.590. The first-order chi connectivity index (χ1) is 10.6. The molecule has 0 N–H and O–H groups in total. The van der Waals surface area contributed by atoms with Crippen molar-refractivity contribution in [3.05, 3.63) is 71.8 Å². The number of halogens is 1. The zero-order valence-electron chi connectivity index (χ0n) is 12.1. The molecule has 0 unspecified atom stereocenters. The van der Waals surface area contributed by atoms with Crippen LogP contribution in [-0.4, -0.2) is 10.6 Å². The van der Waals surface area contributed by atoms with E-state index in [-0.39, 0.29) is 12.4 Å². The van der Waals surface area contributed by atoms with Crippen molar-refractivity contribution in [2.75, 3.05) is 0 Å². The molecule has 0 saturated carbocycles. The fourth-order valence-electron chi connectivity index (χ4n) is 1.44. The number of hydrogen-bond acceptors (Lipinski definition) is 4. The molecule has 2 rings (SSSR count). The van der Waals surface area contributed by atoms with Crippen molar-refractivity contribution in [2.24, 2.45) is 0 Å². The Morgan fingerprint density at radius 2 is 1.00 bits per heavy atom. The highest BCUT2D eigenvalue weighted by atomic mass is 35.5. The maximum absolute atomic E-state index is 10.3. The topological polar surface area (TPSA) is 52.6 Å². The summed E-state index contributed by atoms with van der Waals surface area (Å²) >= 11 is 6.93. The zero-order valence-corrected chi connectivity index (χ0v) is 14.7. The van der Waals surface area contributed by atoms with E-state index < -0.39 is 10.6 Å². The molecule has 0 amide bonds. The predicted molar refractivity (Wildman–Crippen MR) is 98.5 cm³/mol. The lowest BCUT2D eigenvalue weighted by molar-refractivity contribution is 0.168. The van der Waals surface area contributed by atoms with Gasteiger partial charge in [0.05, 0.1) is 0 Å². The molecule has 0 radical (unpaired) electrons. The van der Waals surface area contributed by atoms with E-state index >= 15 is 0 Å². The molecule has 124 valence electrons. The highest BCUT2D eigenvalue weighted by Crippen LogP contribution is 2.02. The summed E-state index contributed by atoms with van der Waals surface area (Å²) in [7, 11) is 0. The minimum Gasteiger partial charge on any atom is -0.453 e. The van der Waals surface area contributed by atoms with Crippen molar-refractivity contribution < 1.29 is 19.1 Å². The SMILES string of the molecule is Cl.O=C(S)OCc1ccccc1.O=C(S)OCc1ccccc1. The lowest BCUT2D eigenvalue weighted by Gasteiger charge is -1.99. The van der Waals surface area contributed by atoms with Crippen molar-refractivity contribution in [1.29, 1.82) is 0 Å². The average molecular weight is 373 g/mol. The first kappa shape index (κ1) is 21.4. The molecular weight excluding hydrogens is 356 g/mol. The molecule has 0 heterocycles. The van der Waals surface area contributed by atoms with Gasteiger partial charge in [-0.15, -0.1) is 12.4 Å². The molecule has 0 aliphatic rings. The normalized spacial score (nSPS) is 8.78. The highest BCUT2D eigenvalue weighted by Gasteiger charge is 1.94. The maximum Gasteiger partial charge on any atom is 0.364 e. The van der Waals surface area contributed by atoms with Crippen LogP contribution in [0.4, 0.5) is 9.59 Å². The third kappa shape index (κ3) is 11.6. The van der Waals surface area contributed by atoms with Crippen LogP contribution in [0.1, 0.15) is 11.1 Å². The molecule has 7 heteroatoms. The molecule has 0 spiro atoms. The fourth-order valence-corrected chi connectivity index (χ4v) is 1.57. The van der Waals surface area contributed by atoms with Crippen molar-refractivity contribution in [2.45, 2.75) is 13.2 Å². The van der Waals surface area contributed by atoms with E-state index in [1.165, 1.54) is 0 Å². The van der Waals surface area contributed by atoms with E-state index in [4.69, 9.17) is 0 Å². The second kappa shape index (κ2) is 12.9. The Labute approximate surface area is 152 Å². The standard InChI is InChI=1S/2C8H8O2S.ClH/c2*9-8(11)10-6-7-4-2-1-3-5-7;/h2*1-5H,6H2,(H,9,11);1H. The van der Waals surface area contributed by atoms with E-state index in [1.807, 2.05) is 60.7 Å². The molecule has 4 nitrogen and oxygen atoms in total. The Bertz CT molecular complexity index is 526. The lowest BCUT2D eigenvalue weighted by atomic mass is 10.2. The van der Waals surface area contributed by atoms with Gasteiger partial charge in [-0.05, 0) is 11.1 Å². The summed E-state index contributed by atoms with van der Waals surface area (Å²) in [5.74, 6) is 0. The summed E-state index contributed by atoms with van der Waals surface area (Å²) in [5, 5.41) is -1.09. The Morgan fingerprint density at radius 3 is 1.26 bits per heavy atom. The number of carbonyl (C=O) groups is 2. The Morgan fingerprint density at radius 1 is 0.696 bits per heavy atom. The number of thiol groups is 2. The van der Waals surface area contributed by atoms with Crippen LogP contribution in [0.3, 0.4) is 0 Å². The van der Waals surface area contributed by atoms with E-state index in [1.54, 1.807) is 0 Å². The summed E-state index contributed by atoms with van der Waals surface area (Å²) in [4.78, 5) is 20.5. The monoisotopic (exact) mass is 372 g/mol. The van der Waals surface area contributed by atoms with Crippen molar-refractivity contribution in [3.63, 3.8) is 0 Å². The van der Waals surface area contributed by atoms with Crippen LogP contribution in [0.5, 0.6) is 0 Å². The van der Waals surface area contributed by atoms with Gasteiger partial charge in [0.1, 0.15) is 13.2 Å². The second-order valence-electron chi connectivity index (χ2n) is 4.08. The smallest absolute Gasteiger partial charge is 0.364 e. The Hall–Kier alpha value is -1.63. The molecule has 0 bridgehead atoms. The van der Waals surface area contributed by atoms with Gasteiger partial charge in [-0.2, -0.15) is 0 Å². The molecule has 0 fully saturated rings. The first-order valence-electron chi connectivity index (χ1n) is 6.37. The number of carbonyl (C=O) groups excluding carboxylic acids is 2. The highest BCUT2D eigenvalue weighted by molar-refractivity contribution is 7.96. The van der Waals surface area contributed by atoms with Gasteiger partial charge >= 0.3 is 10.6 Å². The molecular formula is C16H17ClO4S2. The van der Waals surface area contributed by atoms with Crippen molar-refractivity contribution >= 4 is 48.3 Å². The fraction of sp³-hybridized carbons (Fsp3) is 0.125. The molecule has 2 aromatic carbocycles. The lowest BCUT2D eigenvalue weighted by Crippen LogP contribution is -1.93. The van der Waals surface area contributed by atoms with Crippen LogP contribution in [-0.2, 0) is 22.7 Å². The Balaban J connectivity index is 0.000000403. The largest absolute Gasteiger partial charge is 0.453 e. The number of hydrogen-bond donors (Lipinski definition) is 2. The van der Waals surface area contributed by atoms with Gasteiger partial charge < -0.3 is 9.47 Å². The van der Waals surface area contributed by atoms with Gasteiger partial charge in [0.15, 0.2) is 0 Å². The number of benzene rings is 2. The molecule has 0 aromatic heterocycles. The second-order valence-corrected chi connectivity index (χ2v) is 4.81. The molecule has 2 aromatic rings. The first-order valence-corrected chi connectivity index (χ1v) is 7.26. The predicted octanol–water partition coefficient (Wildman–Crippen LogP) is 4.93. The molecule has 0 atom stereocenters. The van der Waals surface area contributed by atoms with Crippen LogP contribution in [0.25, 0.3) is 0 Å². The van der Waals surface area contributed by atoms with E-state index in [2.05, 4.69) is 34.7 Å².